The molecule has 1 amide bonds. The van der Waals surface area contributed by atoms with Crippen molar-refractivity contribution in [2.45, 2.75) is 76.7 Å². The van der Waals surface area contributed by atoms with Gasteiger partial charge in [-0.05, 0) is 74.4 Å². The van der Waals surface area contributed by atoms with Crippen molar-refractivity contribution in [1.82, 2.24) is 15.2 Å². The van der Waals surface area contributed by atoms with Crippen LogP contribution in [0, 0.1) is 0 Å². The Hall–Kier alpha value is -2.55. The fourth-order valence-corrected chi connectivity index (χ4v) is 6.45. The fraction of sp³-hybridized carbons (Fsp3) is 0.517. The maximum atomic E-state index is 13.2. The number of fused-ring (bicyclic) bond motifs is 1. The standard InChI is InChI=1S/C29H38ClN3O4S/c30-23-19-20(10-12-24(23)34)14-16-31-17-15-26(36)33(22-8-4-1-5-9-22)18-6-2-3-7-21-11-13-25(35)27-28(21)38-29(37)32-27/h10-13,19,22,31,34-35H,1-9,14-18H2,(H,32,37). The minimum atomic E-state index is -0.149. The molecule has 0 radical (unpaired) electrons. The number of carbonyl (C=O) groups is 1. The van der Waals surface area contributed by atoms with Gasteiger partial charge in [0.05, 0.1) is 9.72 Å². The number of rotatable bonds is 13. The van der Waals surface area contributed by atoms with Crippen molar-refractivity contribution in [3.05, 3.63) is 56.1 Å². The zero-order valence-corrected chi connectivity index (χ0v) is 23.4. The highest BCUT2D eigenvalue weighted by Crippen LogP contribution is 2.29. The Kier molecular flexibility index (Phi) is 10.5. The normalized spacial score (nSPS) is 14.2. The van der Waals surface area contributed by atoms with Crippen LogP contribution in [0.2, 0.25) is 5.02 Å². The van der Waals surface area contributed by atoms with E-state index in [2.05, 4.69) is 15.2 Å². The summed E-state index contributed by atoms with van der Waals surface area (Å²) in [7, 11) is 0. The van der Waals surface area contributed by atoms with Crippen molar-refractivity contribution >= 4 is 39.1 Å². The lowest BCUT2D eigenvalue weighted by atomic mass is 9.93. The van der Waals surface area contributed by atoms with Crippen LogP contribution in [0.15, 0.2) is 35.1 Å². The summed E-state index contributed by atoms with van der Waals surface area (Å²) in [6.45, 7) is 2.18. The molecule has 38 heavy (non-hydrogen) atoms. The molecule has 0 aliphatic heterocycles. The van der Waals surface area contributed by atoms with Gasteiger partial charge in [-0.15, -0.1) is 0 Å². The summed E-state index contributed by atoms with van der Waals surface area (Å²) in [5, 5.41) is 23.3. The molecule has 1 saturated carbocycles. The van der Waals surface area contributed by atoms with Crippen LogP contribution in [0.1, 0.15) is 68.9 Å². The number of thiazole rings is 1. The Bertz CT molecular complexity index is 1270. The van der Waals surface area contributed by atoms with E-state index < -0.39 is 0 Å². The van der Waals surface area contributed by atoms with Crippen LogP contribution >= 0.6 is 22.9 Å². The van der Waals surface area contributed by atoms with Gasteiger partial charge in [-0.25, -0.2) is 0 Å². The number of unbranched alkanes of at least 4 members (excludes halogenated alkanes) is 2. The summed E-state index contributed by atoms with van der Waals surface area (Å²) in [4.78, 5) is 29.7. The quantitative estimate of drug-likeness (QED) is 0.200. The second-order valence-corrected chi connectivity index (χ2v) is 11.6. The minimum Gasteiger partial charge on any atom is -0.506 e. The van der Waals surface area contributed by atoms with Crippen LogP contribution in [-0.2, 0) is 17.6 Å². The average molecular weight is 560 g/mol. The van der Waals surface area contributed by atoms with E-state index in [1.165, 1.54) is 19.3 Å². The number of hydrogen-bond donors (Lipinski definition) is 4. The molecule has 9 heteroatoms. The highest BCUT2D eigenvalue weighted by Gasteiger charge is 2.24. The number of hydrogen-bond acceptors (Lipinski definition) is 6. The third-order valence-electron chi connectivity index (χ3n) is 7.44. The van der Waals surface area contributed by atoms with Gasteiger partial charge in [-0.2, -0.15) is 0 Å². The van der Waals surface area contributed by atoms with E-state index in [1.54, 1.807) is 18.2 Å². The van der Waals surface area contributed by atoms with Crippen molar-refractivity contribution in [2.75, 3.05) is 19.6 Å². The summed E-state index contributed by atoms with van der Waals surface area (Å²) in [6.07, 6.45) is 10.9. The van der Waals surface area contributed by atoms with Gasteiger partial charge < -0.3 is 25.4 Å². The lowest BCUT2D eigenvalue weighted by Crippen LogP contribution is -2.43. The third kappa shape index (κ3) is 7.74. The molecule has 1 aliphatic carbocycles. The molecule has 1 heterocycles. The fourth-order valence-electron chi connectivity index (χ4n) is 5.35. The molecule has 4 rings (SSSR count). The Balaban J connectivity index is 1.22. The van der Waals surface area contributed by atoms with Crippen LogP contribution in [0.5, 0.6) is 11.5 Å². The summed E-state index contributed by atoms with van der Waals surface area (Å²) in [5.41, 5.74) is 2.67. The molecule has 0 atom stereocenters. The number of benzene rings is 2. The molecule has 1 aliphatic rings. The summed E-state index contributed by atoms with van der Waals surface area (Å²) < 4.78 is 0.843. The molecule has 3 aromatic rings. The number of amides is 1. The number of H-pyrrole nitrogens is 1. The highest BCUT2D eigenvalue weighted by atomic mass is 35.5. The van der Waals surface area contributed by atoms with Crippen LogP contribution in [-0.4, -0.2) is 51.7 Å². The number of phenols is 2. The van der Waals surface area contributed by atoms with Crippen molar-refractivity contribution in [3.63, 3.8) is 0 Å². The molecule has 1 fully saturated rings. The van der Waals surface area contributed by atoms with Crippen LogP contribution in [0.25, 0.3) is 10.2 Å². The lowest BCUT2D eigenvalue weighted by molar-refractivity contribution is -0.134. The second kappa shape index (κ2) is 14.0. The van der Waals surface area contributed by atoms with Crippen LogP contribution in [0.3, 0.4) is 0 Å². The first kappa shape index (κ1) is 28.5. The molecule has 4 N–H and O–H groups in total. The maximum Gasteiger partial charge on any atom is 0.305 e. The van der Waals surface area contributed by atoms with E-state index in [0.29, 0.717) is 29.5 Å². The summed E-state index contributed by atoms with van der Waals surface area (Å²) in [6, 6.07) is 9.16. The van der Waals surface area contributed by atoms with Gasteiger partial charge in [0, 0.05) is 25.6 Å². The molecule has 2 aromatic carbocycles. The van der Waals surface area contributed by atoms with Gasteiger partial charge in [0.1, 0.15) is 17.0 Å². The van der Waals surface area contributed by atoms with E-state index in [0.717, 1.165) is 85.2 Å². The predicted octanol–water partition coefficient (Wildman–Crippen LogP) is 5.75. The van der Waals surface area contributed by atoms with Gasteiger partial charge in [-0.3, -0.25) is 9.59 Å². The Morgan fingerprint density at radius 1 is 1.03 bits per heavy atom. The number of aromatic hydroxyl groups is 2. The first-order valence-corrected chi connectivity index (χ1v) is 14.9. The number of aromatic amines is 1. The maximum absolute atomic E-state index is 13.2. The number of phenolic OH excluding ortho intramolecular Hbond substituents is 2. The number of aromatic nitrogens is 1. The Labute approximate surface area is 232 Å². The molecule has 7 nitrogen and oxygen atoms in total. The van der Waals surface area contributed by atoms with E-state index >= 15 is 0 Å². The SMILES string of the molecule is O=C(CCNCCc1ccc(O)c(Cl)c1)N(CCCCCc1ccc(O)c2[nH]c(=O)sc12)C1CCCCC1. The molecule has 0 spiro atoms. The average Bonchev–Trinajstić information content (AvgIpc) is 3.32. The molecule has 206 valence electrons. The van der Waals surface area contributed by atoms with Crippen molar-refractivity contribution in [2.24, 2.45) is 0 Å². The first-order chi connectivity index (χ1) is 18.4. The van der Waals surface area contributed by atoms with Crippen molar-refractivity contribution < 1.29 is 15.0 Å². The zero-order valence-electron chi connectivity index (χ0n) is 21.8. The predicted molar refractivity (Wildman–Crippen MR) is 155 cm³/mol. The van der Waals surface area contributed by atoms with Gasteiger partial charge in [0.2, 0.25) is 5.91 Å². The van der Waals surface area contributed by atoms with Crippen LogP contribution < -0.4 is 10.2 Å². The van der Waals surface area contributed by atoms with Gasteiger partial charge in [-0.1, -0.05) is 60.8 Å². The number of nitrogens with zero attached hydrogens (tertiary/aromatic N) is 1. The molecule has 0 unspecified atom stereocenters. The largest absolute Gasteiger partial charge is 0.506 e. The van der Waals surface area contributed by atoms with Crippen molar-refractivity contribution in [3.8, 4) is 11.5 Å². The van der Waals surface area contributed by atoms with Crippen LogP contribution in [0.4, 0.5) is 0 Å². The molecule has 0 saturated heterocycles. The number of nitrogens with one attached hydrogen (secondary N) is 2. The smallest absolute Gasteiger partial charge is 0.305 e. The van der Waals surface area contributed by atoms with E-state index in [1.807, 2.05) is 12.1 Å². The number of aryl methyl sites for hydroxylation is 1. The zero-order chi connectivity index (χ0) is 26.9. The Morgan fingerprint density at radius 3 is 2.61 bits per heavy atom. The van der Waals surface area contributed by atoms with E-state index in [-0.39, 0.29) is 22.3 Å². The number of halogens is 1. The molecule has 0 bridgehead atoms. The first-order valence-electron chi connectivity index (χ1n) is 13.7. The minimum absolute atomic E-state index is 0.0911. The van der Waals surface area contributed by atoms with Gasteiger partial charge >= 0.3 is 4.87 Å². The summed E-state index contributed by atoms with van der Waals surface area (Å²) >= 11 is 7.13. The summed E-state index contributed by atoms with van der Waals surface area (Å²) in [5.74, 6) is 0.436. The third-order valence-corrected chi connectivity index (χ3v) is 8.70. The number of carbonyl (C=O) groups excluding carboxylic acids is 1. The Morgan fingerprint density at radius 2 is 1.82 bits per heavy atom. The molecule has 1 aromatic heterocycles. The lowest BCUT2D eigenvalue weighted by Gasteiger charge is -2.34. The highest BCUT2D eigenvalue weighted by molar-refractivity contribution is 7.16. The topological polar surface area (TPSA) is 106 Å². The van der Waals surface area contributed by atoms with Gasteiger partial charge in [0.15, 0.2) is 0 Å². The molecular weight excluding hydrogens is 522 g/mol. The van der Waals surface area contributed by atoms with Gasteiger partial charge in [0.25, 0.3) is 0 Å². The van der Waals surface area contributed by atoms with E-state index in [9.17, 15) is 19.8 Å². The monoisotopic (exact) mass is 559 g/mol. The van der Waals surface area contributed by atoms with Crippen molar-refractivity contribution in [1.29, 1.82) is 0 Å². The second-order valence-electron chi connectivity index (χ2n) is 10.2. The van der Waals surface area contributed by atoms with E-state index in [4.69, 9.17) is 11.6 Å². The molecular formula is C29H38ClN3O4S.